The summed E-state index contributed by atoms with van der Waals surface area (Å²) in [4.78, 5) is 0. The number of hydrogen-bond acceptors (Lipinski definition) is 1. The Balaban J connectivity index is 1.48. The van der Waals surface area contributed by atoms with Gasteiger partial charge in [-0.15, -0.1) is 0 Å². The molecule has 0 aliphatic heterocycles. The molecule has 0 aromatic heterocycles. The van der Waals surface area contributed by atoms with E-state index in [0.29, 0.717) is 35.7 Å². The van der Waals surface area contributed by atoms with E-state index in [-0.39, 0.29) is 5.56 Å². The van der Waals surface area contributed by atoms with Crippen LogP contribution in [0.5, 0.6) is 5.75 Å². The maximum Gasteiger partial charge on any atom is 0.432 e. The molecule has 0 bridgehead atoms. The molecule has 206 valence electrons. The molecule has 1 aliphatic rings. The van der Waals surface area contributed by atoms with Crippen molar-refractivity contribution in [2.75, 3.05) is 0 Å². The van der Waals surface area contributed by atoms with Gasteiger partial charge in [0.2, 0.25) is 0 Å². The van der Waals surface area contributed by atoms with Crippen molar-refractivity contribution in [3.8, 4) is 28.0 Å². The molecule has 0 amide bonds. The molecule has 4 aromatic carbocycles. The van der Waals surface area contributed by atoms with Gasteiger partial charge in [-0.1, -0.05) is 37.8 Å². The number of ether oxygens (including phenoxy) is 1. The van der Waals surface area contributed by atoms with Gasteiger partial charge in [-0.05, 0) is 70.8 Å². The van der Waals surface area contributed by atoms with Crippen molar-refractivity contribution in [1.29, 1.82) is 0 Å². The van der Waals surface area contributed by atoms with E-state index in [1.807, 2.05) is 12.1 Å². The lowest BCUT2D eigenvalue weighted by atomic mass is 9.96. The van der Waals surface area contributed by atoms with Crippen LogP contribution in [0.25, 0.3) is 28.3 Å². The van der Waals surface area contributed by atoms with Crippen molar-refractivity contribution in [3.05, 3.63) is 118 Å². The SMILES string of the molecule is C=Cc1c(F)cc(OC(F)(F)c2c(F)cc(-c3c(F)cc(-c4ccc5c(c4)CC(C)C5)cc3F)cc2F)cc1F. The first-order valence-electron chi connectivity index (χ1n) is 12.2. The van der Waals surface area contributed by atoms with Gasteiger partial charge >= 0.3 is 6.11 Å². The number of fused-ring (bicyclic) bond motifs is 1. The molecule has 0 saturated carbocycles. The Kier molecular flexibility index (Phi) is 6.94. The summed E-state index contributed by atoms with van der Waals surface area (Å²) in [6.07, 6.45) is -2.20. The molecule has 0 fully saturated rings. The average molecular weight is 560 g/mol. The van der Waals surface area contributed by atoms with Gasteiger partial charge in [0.15, 0.2) is 0 Å². The molecule has 40 heavy (non-hydrogen) atoms. The summed E-state index contributed by atoms with van der Waals surface area (Å²) in [6.45, 7) is 5.28. The second-order valence-corrected chi connectivity index (χ2v) is 9.75. The molecule has 0 heterocycles. The summed E-state index contributed by atoms with van der Waals surface area (Å²) in [5, 5.41) is 0. The van der Waals surface area contributed by atoms with E-state index < -0.39 is 69.0 Å². The summed E-state index contributed by atoms with van der Waals surface area (Å²) in [5.74, 6) is -9.28. The Labute approximate surface area is 224 Å². The number of hydrogen-bond donors (Lipinski definition) is 0. The highest BCUT2D eigenvalue weighted by atomic mass is 19.3. The summed E-state index contributed by atoms with van der Waals surface area (Å²) in [5.41, 5.74) is -1.05. The Morgan fingerprint density at radius 2 is 1.25 bits per heavy atom. The second-order valence-electron chi connectivity index (χ2n) is 9.75. The maximum atomic E-state index is 15.1. The van der Waals surface area contributed by atoms with E-state index in [0.717, 1.165) is 42.2 Å². The predicted octanol–water partition coefficient (Wildman–Crippen LogP) is 9.36. The van der Waals surface area contributed by atoms with Gasteiger partial charge in [0, 0.05) is 17.7 Å². The molecule has 0 spiro atoms. The van der Waals surface area contributed by atoms with Crippen LogP contribution in [0.1, 0.15) is 29.2 Å². The Morgan fingerprint density at radius 3 is 1.82 bits per heavy atom. The minimum atomic E-state index is -4.74. The van der Waals surface area contributed by atoms with Crippen LogP contribution in [0.3, 0.4) is 0 Å². The van der Waals surface area contributed by atoms with Crippen LogP contribution in [0.2, 0.25) is 0 Å². The fraction of sp³-hybridized carbons (Fsp3) is 0.161. The van der Waals surface area contributed by atoms with Crippen molar-refractivity contribution in [2.45, 2.75) is 25.9 Å². The topological polar surface area (TPSA) is 9.23 Å². The summed E-state index contributed by atoms with van der Waals surface area (Å²) in [7, 11) is 0. The van der Waals surface area contributed by atoms with E-state index >= 15 is 8.78 Å². The highest BCUT2D eigenvalue weighted by molar-refractivity contribution is 5.73. The minimum Gasteiger partial charge on any atom is -0.429 e. The lowest BCUT2D eigenvalue weighted by Gasteiger charge is -2.20. The van der Waals surface area contributed by atoms with Crippen LogP contribution in [0, 0.1) is 40.8 Å². The van der Waals surface area contributed by atoms with E-state index in [4.69, 9.17) is 0 Å². The zero-order valence-electron chi connectivity index (χ0n) is 20.9. The summed E-state index contributed by atoms with van der Waals surface area (Å²) < 4.78 is 121. The first kappa shape index (κ1) is 27.4. The Morgan fingerprint density at radius 1 is 0.700 bits per heavy atom. The number of alkyl halides is 2. The predicted molar refractivity (Wildman–Crippen MR) is 135 cm³/mol. The molecule has 0 radical (unpaired) electrons. The molecule has 1 unspecified atom stereocenters. The van der Waals surface area contributed by atoms with Crippen LogP contribution >= 0.6 is 0 Å². The molecule has 4 aromatic rings. The van der Waals surface area contributed by atoms with E-state index in [9.17, 15) is 26.3 Å². The first-order chi connectivity index (χ1) is 18.9. The zero-order chi connectivity index (χ0) is 28.9. The molecular weight excluding hydrogens is 540 g/mol. The van der Waals surface area contributed by atoms with Gasteiger partial charge in [-0.25, -0.2) is 26.3 Å². The van der Waals surface area contributed by atoms with Gasteiger partial charge in [0.05, 0.1) is 5.56 Å². The molecule has 1 nitrogen and oxygen atoms in total. The van der Waals surface area contributed by atoms with Crippen LogP contribution in [0.15, 0.2) is 61.2 Å². The average Bonchev–Trinajstić information content (AvgIpc) is 3.21. The van der Waals surface area contributed by atoms with Gasteiger partial charge in [0.1, 0.15) is 46.2 Å². The van der Waals surface area contributed by atoms with E-state index in [1.165, 1.54) is 0 Å². The normalized spacial score (nSPS) is 14.8. The molecule has 0 saturated heterocycles. The van der Waals surface area contributed by atoms with Crippen molar-refractivity contribution in [1.82, 2.24) is 0 Å². The standard InChI is InChI=1S/C31H20F8O/c1-3-22-23(32)13-21(14-24(22)33)40-31(38,39)30-27(36)11-20(12-28(30)37)29-25(34)9-19(10-26(29)35)17-5-4-16-6-15(2)7-18(16)8-17/h3-5,8-15H,1,6-7H2,2H3. The fourth-order valence-corrected chi connectivity index (χ4v) is 5.04. The smallest absolute Gasteiger partial charge is 0.429 e. The lowest BCUT2D eigenvalue weighted by Crippen LogP contribution is -2.25. The van der Waals surface area contributed by atoms with Crippen molar-refractivity contribution >= 4 is 6.08 Å². The number of halogens is 8. The van der Waals surface area contributed by atoms with Crippen LogP contribution in [-0.4, -0.2) is 0 Å². The molecule has 0 N–H and O–H groups in total. The van der Waals surface area contributed by atoms with Crippen molar-refractivity contribution in [3.63, 3.8) is 0 Å². The second kappa shape index (κ2) is 10.1. The quantitative estimate of drug-likeness (QED) is 0.214. The minimum absolute atomic E-state index is 0.195. The van der Waals surface area contributed by atoms with Gasteiger partial charge in [-0.3, -0.25) is 0 Å². The third kappa shape index (κ3) is 4.96. The van der Waals surface area contributed by atoms with Crippen LogP contribution in [-0.2, 0) is 19.0 Å². The van der Waals surface area contributed by atoms with Gasteiger partial charge in [-0.2, -0.15) is 8.78 Å². The van der Waals surface area contributed by atoms with Crippen molar-refractivity contribution in [2.24, 2.45) is 5.92 Å². The lowest BCUT2D eigenvalue weighted by molar-refractivity contribution is -0.189. The summed E-state index contributed by atoms with van der Waals surface area (Å²) >= 11 is 0. The Hall–Kier alpha value is -4.14. The zero-order valence-corrected chi connectivity index (χ0v) is 20.9. The fourth-order valence-electron chi connectivity index (χ4n) is 5.04. The first-order valence-corrected chi connectivity index (χ1v) is 12.2. The third-order valence-electron chi connectivity index (χ3n) is 6.84. The van der Waals surface area contributed by atoms with E-state index in [2.05, 4.69) is 18.2 Å². The molecule has 1 atom stereocenters. The largest absolute Gasteiger partial charge is 0.432 e. The van der Waals surface area contributed by atoms with Gasteiger partial charge in [0.25, 0.3) is 0 Å². The summed E-state index contributed by atoms with van der Waals surface area (Å²) in [6, 6.07) is 8.89. The molecule has 9 heteroatoms. The monoisotopic (exact) mass is 560 g/mol. The maximum absolute atomic E-state index is 15.1. The van der Waals surface area contributed by atoms with E-state index in [1.54, 1.807) is 6.07 Å². The highest BCUT2D eigenvalue weighted by Crippen LogP contribution is 2.40. The highest BCUT2D eigenvalue weighted by Gasteiger charge is 2.41. The van der Waals surface area contributed by atoms with Crippen LogP contribution in [0.4, 0.5) is 35.1 Å². The van der Waals surface area contributed by atoms with Gasteiger partial charge < -0.3 is 4.74 Å². The number of rotatable bonds is 6. The van der Waals surface area contributed by atoms with Crippen molar-refractivity contribution < 1.29 is 39.9 Å². The molecule has 5 rings (SSSR count). The molecular formula is C31H20F8O. The van der Waals surface area contributed by atoms with Crippen LogP contribution < -0.4 is 4.74 Å². The molecule has 1 aliphatic carbocycles. The number of benzene rings is 4. The third-order valence-corrected chi connectivity index (χ3v) is 6.84. The Bertz CT molecular complexity index is 1590.